The zero-order chi connectivity index (χ0) is 13.3. The lowest BCUT2D eigenvalue weighted by Crippen LogP contribution is -2.46. The molecule has 0 N–H and O–H groups in total. The third-order valence-electron chi connectivity index (χ3n) is 3.38. The first-order valence-corrected chi connectivity index (χ1v) is 8.88. The van der Waals surface area contributed by atoms with Gasteiger partial charge in [0.15, 0.2) is 0 Å². The van der Waals surface area contributed by atoms with Crippen molar-refractivity contribution in [3.8, 4) is 6.07 Å². The minimum atomic E-state index is -1.73. The molecule has 0 aliphatic carbocycles. The van der Waals surface area contributed by atoms with E-state index in [2.05, 4.69) is 25.7 Å². The number of nitro groups is 1. The minimum Gasteiger partial charge on any atom is -0.258 e. The molecule has 1 aromatic rings. The van der Waals surface area contributed by atoms with E-state index >= 15 is 0 Å². The lowest BCUT2D eigenvalue weighted by atomic mass is 10.0. The summed E-state index contributed by atoms with van der Waals surface area (Å²) in [6, 6.07) is 8.69. The van der Waals surface area contributed by atoms with Crippen LogP contribution in [0.5, 0.6) is 0 Å². The Morgan fingerprint density at radius 2 is 1.76 bits per heavy atom. The molecule has 17 heavy (non-hydrogen) atoms. The molecule has 1 rings (SSSR count). The highest BCUT2D eigenvalue weighted by Crippen LogP contribution is 2.34. The van der Waals surface area contributed by atoms with Crippen molar-refractivity contribution in [1.82, 2.24) is 0 Å². The van der Waals surface area contributed by atoms with E-state index in [9.17, 15) is 15.4 Å². The molecule has 0 radical (unpaired) electrons. The number of nitrogens with zero attached hydrogens (tertiary/aromatic N) is 2. The second-order valence-electron chi connectivity index (χ2n) is 5.29. The first kappa shape index (κ1) is 13.4. The van der Waals surface area contributed by atoms with Crippen LogP contribution in [-0.2, 0) is 5.04 Å². The maximum atomic E-state index is 10.6. The molecule has 1 unspecified atom stereocenters. The van der Waals surface area contributed by atoms with Gasteiger partial charge in [-0.05, 0) is 12.5 Å². The molecule has 0 spiro atoms. The Morgan fingerprint density at radius 3 is 2.06 bits per heavy atom. The van der Waals surface area contributed by atoms with Crippen LogP contribution in [0, 0.1) is 21.4 Å². The first-order valence-electron chi connectivity index (χ1n) is 5.38. The third-order valence-corrected chi connectivity index (χ3v) is 6.78. The van der Waals surface area contributed by atoms with Gasteiger partial charge in [0.2, 0.25) is 0 Å². The van der Waals surface area contributed by atoms with Gasteiger partial charge < -0.3 is 0 Å². The van der Waals surface area contributed by atoms with Gasteiger partial charge in [0.25, 0.3) is 5.69 Å². The van der Waals surface area contributed by atoms with Gasteiger partial charge in [-0.2, -0.15) is 5.26 Å². The van der Waals surface area contributed by atoms with Crippen molar-refractivity contribution < 1.29 is 4.92 Å². The van der Waals surface area contributed by atoms with Crippen molar-refractivity contribution in [3.63, 3.8) is 0 Å². The molecule has 5 heteroatoms. The summed E-state index contributed by atoms with van der Waals surface area (Å²) in [5, 5.41) is 19.5. The molecular formula is C12H16N2O2Si. The van der Waals surface area contributed by atoms with E-state index < -0.39 is 18.0 Å². The van der Waals surface area contributed by atoms with Gasteiger partial charge in [0, 0.05) is 12.1 Å². The molecule has 0 saturated heterocycles. The number of nitro benzene ring substituents is 1. The van der Waals surface area contributed by atoms with Crippen LogP contribution in [0.4, 0.5) is 5.69 Å². The van der Waals surface area contributed by atoms with E-state index in [4.69, 9.17) is 0 Å². The molecule has 90 valence electrons. The van der Waals surface area contributed by atoms with Crippen molar-refractivity contribution in [2.45, 2.75) is 31.6 Å². The normalized spacial score (nSPS) is 14.8. The van der Waals surface area contributed by atoms with Crippen LogP contribution in [-0.4, -0.2) is 13.0 Å². The standard InChI is InChI=1S/C12H16N2O2Si/c1-12(9-13,17(2,3)4)10-5-7-11(8-6-10)14(15)16/h5-8H,1-4H3. The van der Waals surface area contributed by atoms with Crippen LogP contribution in [0.15, 0.2) is 24.3 Å². The highest BCUT2D eigenvalue weighted by Gasteiger charge is 2.41. The molecule has 1 atom stereocenters. The van der Waals surface area contributed by atoms with E-state index in [1.165, 1.54) is 12.1 Å². The molecule has 0 aliphatic heterocycles. The third kappa shape index (κ3) is 2.37. The second kappa shape index (κ2) is 4.30. The molecule has 0 amide bonds. The summed E-state index contributed by atoms with van der Waals surface area (Å²) in [6.07, 6.45) is 0. The van der Waals surface area contributed by atoms with E-state index in [-0.39, 0.29) is 5.69 Å². The summed E-state index contributed by atoms with van der Waals surface area (Å²) in [5.41, 5.74) is 0.925. The van der Waals surface area contributed by atoms with Gasteiger partial charge in [0.05, 0.1) is 24.1 Å². The molecule has 0 saturated carbocycles. The molecule has 4 nitrogen and oxygen atoms in total. The van der Waals surface area contributed by atoms with Gasteiger partial charge in [-0.25, -0.2) is 0 Å². The maximum Gasteiger partial charge on any atom is 0.269 e. The summed E-state index contributed by atoms with van der Waals surface area (Å²) >= 11 is 0. The zero-order valence-corrected chi connectivity index (χ0v) is 11.5. The summed E-state index contributed by atoms with van der Waals surface area (Å²) < 4.78 is 0. The van der Waals surface area contributed by atoms with Crippen molar-refractivity contribution in [3.05, 3.63) is 39.9 Å². The van der Waals surface area contributed by atoms with Gasteiger partial charge >= 0.3 is 0 Å². The van der Waals surface area contributed by atoms with Crippen LogP contribution in [0.3, 0.4) is 0 Å². The van der Waals surface area contributed by atoms with E-state index in [1.807, 2.05) is 6.92 Å². The summed E-state index contributed by atoms with van der Waals surface area (Å²) in [6.45, 7) is 8.29. The topological polar surface area (TPSA) is 66.9 Å². The van der Waals surface area contributed by atoms with Gasteiger partial charge in [-0.1, -0.05) is 31.8 Å². The first-order chi connectivity index (χ1) is 7.72. The fourth-order valence-electron chi connectivity index (χ4n) is 1.58. The summed E-state index contributed by atoms with van der Waals surface area (Å²) in [7, 11) is -1.73. The number of rotatable bonds is 3. The Labute approximate surface area is 102 Å². The Balaban J connectivity index is 3.25. The van der Waals surface area contributed by atoms with E-state index in [0.717, 1.165) is 5.56 Å². The lowest BCUT2D eigenvalue weighted by Gasteiger charge is -2.34. The lowest BCUT2D eigenvalue weighted by molar-refractivity contribution is -0.384. The predicted molar refractivity (Wildman–Crippen MR) is 69.4 cm³/mol. The average Bonchev–Trinajstić information content (AvgIpc) is 2.26. The van der Waals surface area contributed by atoms with Crippen molar-refractivity contribution >= 4 is 13.8 Å². The number of hydrogen-bond acceptors (Lipinski definition) is 3. The molecular weight excluding hydrogens is 232 g/mol. The highest BCUT2D eigenvalue weighted by molar-refractivity contribution is 6.79. The van der Waals surface area contributed by atoms with Crippen molar-refractivity contribution in [2.75, 3.05) is 0 Å². The fraction of sp³-hybridized carbons (Fsp3) is 0.417. The van der Waals surface area contributed by atoms with E-state index in [0.29, 0.717) is 0 Å². The van der Waals surface area contributed by atoms with Crippen LogP contribution >= 0.6 is 0 Å². The quantitative estimate of drug-likeness (QED) is 0.468. The zero-order valence-electron chi connectivity index (χ0n) is 10.5. The summed E-state index contributed by atoms with van der Waals surface area (Å²) in [4.78, 5) is 10.1. The molecule has 0 aliphatic rings. The smallest absolute Gasteiger partial charge is 0.258 e. The average molecular weight is 248 g/mol. The number of nitriles is 1. The highest BCUT2D eigenvalue weighted by atomic mass is 28.3. The second-order valence-corrected chi connectivity index (χ2v) is 10.8. The van der Waals surface area contributed by atoms with Crippen molar-refractivity contribution in [1.29, 1.82) is 5.26 Å². The predicted octanol–water partition coefficient (Wildman–Crippen LogP) is 3.25. The SMILES string of the molecule is CC(C#N)(c1ccc([N+](=O)[O-])cc1)[Si](C)(C)C. The monoisotopic (exact) mass is 248 g/mol. The van der Waals surface area contributed by atoms with Crippen molar-refractivity contribution in [2.24, 2.45) is 0 Å². The van der Waals surface area contributed by atoms with Crippen LogP contribution in [0.1, 0.15) is 12.5 Å². The van der Waals surface area contributed by atoms with E-state index in [1.54, 1.807) is 12.1 Å². The largest absolute Gasteiger partial charge is 0.269 e. The fourth-order valence-corrected chi connectivity index (χ4v) is 2.95. The van der Waals surface area contributed by atoms with Gasteiger partial charge in [-0.15, -0.1) is 0 Å². The number of non-ortho nitro benzene ring substituents is 1. The Morgan fingerprint density at radius 1 is 1.29 bits per heavy atom. The minimum absolute atomic E-state index is 0.0598. The number of benzene rings is 1. The molecule has 0 aromatic heterocycles. The molecule has 1 aromatic carbocycles. The number of hydrogen-bond donors (Lipinski definition) is 0. The van der Waals surface area contributed by atoms with Crippen LogP contribution in [0.2, 0.25) is 19.6 Å². The Hall–Kier alpha value is -1.67. The molecule has 0 bridgehead atoms. The Kier molecular flexibility index (Phi) is 3.39. The molecule has 0 fully saturated rings. The van der Waals surface area contributed by atoms with Crippen LogP contribution in [0.25, 0.3) is 0 Å². The molecule has 0 heterocycles. The van der Waals surface area contributed by atoms with Crippen LogP contribution < -0.4 is 0 Å². The van der Waals surface area contributed by atoms with Gasteiger partial charge in [-0.3, -0.25) is 10.1 Å². The maximum absolute atomic E-state index is 10.6. The Bertz CT molecular complexity index is 471. The summed E-state index contributed by atoms with van der Waals surface area (Å²) in [5.74, 6) is 0. The van der Waals surface area contributed by atoms with Gasteiger partial charge in [0.1, 0.15) is 0 Å².